The number of benzene rings is 1. The summed E-state index contributed by atoms with van der Waals surface area (Å²) in [6, 6.07) is 9.95. The highest BCUT2D eigenvalue weighted by molar-refractivity contribution is 5.52. The van der Waals surface area contributed by atoms with Crippen molar-refractivity contribution in [1.82, 2.24) is 4.90 Å². The number of aliphatic hydroxyl groups excluding tert-OH is 1. The fraction of sp³-hybridized carbons (Fsp3) is 0.500. The first-order chi connectivity index (χ1) is 9.51. The highest BCUT2D eigenvalue weighted by Gasteiger charge is 2.43. The second kappa shape index (κ2) is 6.46. The highest BCUT2D eigenvalue weighted by Crippen LogP contribution is 2.33. The topological polar surface area (TPSA) is 23.5 Å². The van der Waals surface area contributed by atoms with Crippen molar-refractivity contribution in [3.8, 4) is 0 Å². The number of likely N-dealkylation sites (tertiary alicyclic amines) is 1. The van der Waals surface area contributed by atoms with Crippen molar-refractivity contribution in [3.63, 3.8) is 0 Å². The van der Waals surface area contributed by atoms with Crippen molar-refractivity contribution < 1.29 is 13.9 Å². The average Bonchev–Trinajstić information content (AvgIpc) is 2.42. The minimum Gasteiger partial charge on any atom is -0.396 e. The number of piperidine rings is 1. The monoisotopic (exact) mass is 281 g/mol. The van der Waals surface area contributed by atoms with Gasteiger partial charge in [0.05, 0.1) is 12.5 Å². The summed E-state index contributed by atoms with van der Waals surface area (Å²) in [6.07, 6.45) is 1.90. The van der Waals surface area contributed by atoms with Crippen LogP contribution in [0.1, 0.15) is 18.9 Å². The molecule has 2 nitrogen and oxygen atoms in total. The van der Waals surface area contributed by atoms with E-state index in [1.165, 1.54) is 0 Å². The van der Waals surface area contributed by atoms with E-state index in [-0.39, 0.29) is 13.0 Å². The summed E-state index contributed by atoms with van der Waals surface area (Å²) in [7, 11) is 0. The molecule has 0 saturated carbocycles. The number of aliphatic hydroxyl groups is 1. The van der Waals surface area contributed by atoms with E-state index in [0.29, 0.717) is 13.1 Å². The van der Waals surface area contributed by atoms with Crippen molar-refractivity contribution >= 4 is 6.08 Å². The van der Waals surface area contributed by atoms with Gasteiger partial charge in [-0.05, 0) is 12.5 Å². The van der Waals surface area contributed by atoms with Gasteiger partial charge in [0.15, 0.2) is 0 Å². The lowest BCUT2D eigenvalue weighted by molar-refractivity contribution is -0.118. The number of alkyl halides is 2. The third-order valence-electron chi connectivity index (χ3n) is 3.74. The van der Waals surface area contributed by atoms with Gasteiger partial charge in [0.1, 0.15) is 0 Å². The molecular formula is C16H21F2NO. The van der Waals surface area contributed by atoms with Crippen LogP contribution in [-0.4, -0.2) is 42.2 Å². The van der Waals surface area contributed by atoms with Crippen LogP contribution in [0.3, 0.4) is 0 Å². The first-order valence-corrected chi connectivity index (χ1v) is 6.94. The molecule has 1 saturated heterocycles. The molecule has 1 atom stereocenters. The SMILES string of the molecule is CC(=Cc1ccccc1)CN1CCC(F)(F)C(CO)C1. The normalized spacial score (nSPS) is 23.8. The molecule has 1 N–H and O–H groups in total. The highest BCUT2D eigenvalue weighted by atomic mass is 19.3. The zero-order valence-electron chi connectivity index (χ0n) is 11.7. The molecular weight excluding hydrogens is 260 g/mol. The number of rotatable bonds is 4. The van der Waals surface area contributed by atoms with Crippen molar-refractivity contribution in [3.05, 3.63) is 41.5 Å². The molecule has 1 unspecified atom stereocenters. The van der Waals surface area contributed by atoms with Crippen LogP contribution in [0.25, 0.3) is 6.08 Å². The Morgan fingerprint density at radius 1 is 1.40 bits per heavy atom. The zero-order chi connectivity index (χ0) is 14.6. The van der Waals surface area contributed by atoms with E-state index in [9.17, 15) is 8.78 Å². The molecule has 1 aromatic carbocycles. The van der Waals surface area contributed by atoms with Gasteiger partial charge in [-0.2, -0.15) is 0 Å². The van der Waals surface area contributed by atoms with E-state index >= 15 is 0 Å². The number of nitrogens with zero attached hydrogens (tertiary/aromatic N) is 1. The van der Waals surface area contributed by atoms with Crippen LogP contribution < -0.4 is 0 Å². The van der Waals surface area contributed by atoms with Crippen molar-refractivity contribution in [2.45, 2.75) is 19.3 Å². The van der Waals surface area contributed by atoms with Gasteiger partial charge in [0.2, 0.25) is 0 Å². The molecule has 0 aliphatic carbocycles. The van der Waals surface area contributed by atoms with Gasteiger partial charge in [-0.1, -0.05) is 42.0 Å². The van der Waals surface area contributed by atoms with Gasteiger partial charge < -0.3 is 5.11 Å². The summed E-state index contributed by atoms with van der Waals surface area (Å²) in [5, 5.41) is 9.09. The molecule has 0 aromatic heterocycles. The molecule has 1 aromatic rings. The van der Waals surface area contributed by atoms with Crippen LogP contribution in [0, 0.1) is 5.92 Å². The molecule has 1 aliphatic rings. The van der Waals surface area contributed by atoms with Crippen LogP contribution >= 0.6 is 0 Å². The first-order valence-electron chi connectivity index (χ1n) is 6.94. The van der Waals surface area contributed by atoms with E-state index < -0.39 is 18.4 Å². The zero-order valence-corrected chi connectivity index (χ0v) is 11.7. The molecule has 1 heterocycles. The van der Waals surface area contributed by atoms with Crippen molar-refractivity contribution in [1.29, 1.82) is 0 Å². The Morgan fingerprint density at radius 3 is 2.75 bits per heavy atom. The minimum atomic E-state index is -2.73. The molecule has 20 heavy (non-hydrogen) atoms. The Morgan fingerprint density at radius 2 is 2.10 bits per heavy atom. The van der Waals surface area contributed by atoms with Gasteiger partial charge >= 0.3 is 0 Å². The third-order valence-corrected chi connectivity index (χ3v) is 3.74. The molecule has 4 heteroatoms. The van der Waals surface area contributed by atoms with Gasteiger partial charge in [0, 0.05) is 26.1 Å². The van der Waals surface area contributed by atoms with Crippen LogP contribution in [0.4, 0.5) is 8.78 Å². The predicted molar refractivity (Wildman–Crippen MR) is 76.7 cm³/mol. The van der Waals surface area contributed by atoms with Crippen LogP contribution in [0.15, 0.2) is 35.9 Å². The quantitative estimate of drug-likeness (QED) is 0.917. The number of hydrogen-bond donors (Lipinski definition) is 1. The van der Waals surface area contributed by atoms with Crippen LogP contribution in [0.5, 0.6) is 0 Å². The molecule has 0 radical (unpaired) electrons. The maximum Gasteiger partial charge on any atom is 0.255 e. The second-order valence-corrected chi connectivity index (χ2v) is 5.53. The minimum absolute atomic E-state index is 0.170. The Bertz CT molecular complexity index is 459. The standard InChI is InChI=1S/C16H21F2NO/c1-13(9-14-5-3-2-4-6-14)10-19-8-7-16(17,18)15(11-19)12-20/h2-6,9,15,20H,7-8,10-12H2,1H3. The van der Waals surface area contributed by atoms with Gasteiger partial charge in [-0.15, -0.1) is 0 Å². The fourth-order valence-corrected chi connectivity index (χ4v) is 2.61. The van der Waals surface area contributed by atoms with Gasteiger partial charge in [0.25, 0.3) is 5.92 Å². The summed E-state index contributed by atoms with van der Waals surface area (Å²) >= 11 is 0. The largest absolute Gasteiger partial charge is 0.396 e. The van der Waals surface area contributed by atoms with Crippen LogP contribution in [-0.2, 0) is 0 Å². The smallest absolute Gasteiger partial charge is 0.255 e. The lowest BCUT2D eigenvalue weighted by Crippen LogP contribution is -2.48. The van der Waals surface area contributed by atoms with E-state index in [0.717, 1.165) is 11.1 Å². The summed E-state index contributed by atoms with van der Waals surface area (Å²) in [5.41, 5.74) is 2.25. The van der Waals surface area contributed by atoms with Crippen LogP contribution in [0.2, 0.25) is 0 Å². The van der Waals surface area contributed by atoms with Gasteiger partial charge in [-0.3, -0.25) is 4.90 Å². The van der Waals surface area contributed by atoms with E-state index in [1.807, 2.05) is 42.2 Å². The van der Waals surface area contributed by atoms with Crippen molar-refractivity contribution in [2.24, 2.45) is 5.92 Å². The lowest BCUT2D eigenvalue weighted by atomic mass is 9.94. The molecule has 1 fully saturated rings. The molecule has 2 rings (SSSR count). The Kier molecular flexibility index (Phi) is 4.89. The Balaban J connectivity index is 1.95. The second-order valence-electron chi connectivity index (χ2n) is 5.53. The number of hydrogen-bond acceptors (Lipinski definition) is 2. The Labute approximate surface area is 118 Å². The molecule has 0 spiro atoms. The number of halogens is 2. The lowest BCUT2D eigenvalue weighted by Gasteiger charge is -2.37. The fourth-order valence-electron chi connectivity index (χ4n) is 2.61. The average molecular weight is 281 g/mol. The first kappa shape index (κ1) is 15.1. The molecule has 0 amide bonds. The predicted octanol–water partition coefficient (Wildman–Crippen LogP) is 3.04. The maximum absolute atomic E-state index is 13.5. The van der Waals surface area contributed by atoms with E-state index in [2.05, 4.69) is 6.08 Å². The molecule has 110 valence electrons. The van der Waals surface area contributed by atoms with Gasteiger partial charge in [-0.25, -0.2) is 8.78 Å². The summed E-state index contributed by atoms with van der Waals surface area (Å²) < 4.78 is 27.1. The van der Waals surface area contributed by atoms with Crippen molar-refractivity contribution in [2.75, 3.05) is 26.2 Å². The summed E-state index contributed by atoms with van der Waals surface area (Å²) in [6.45, 7) is 2.85. The Hall–Kier alpha value is -1.26. The van der Waals surface area contributed by atoms with E-state index in [4.69, 9.17) is 5.11 Å². The summed E-state index contributed by atoms with van der Waals surface area (Å²) in [4.78, 5) is 1.99. The molecule has 1 aliphatic heterocycles. The third kappa shape index (κ3) is 3.87. The van der Waals surface area contributed by atoms with E-state index in [1.54, 1.807) is 0 Å². The molecule has 0 bridgehead atoms. The summed E-state index contributed by atoms with van der Waals surface area (Å²) in [5.74, 6) is -3.68. The maximum atomic E-state index is 13.5.